The number of aromatic hydroxyl groups is 1. The van der Waals surface area contributed by atoms with E-state index in [0.29, 0.717) is 10.6 Å². The van der Waals surface area contributed by atoms with Gasteiger partial charge in [-0.25, -0.2) is 0 Å². The van der Waals surface area contributed by atoms with Gasteiger partial charge in [0.05, 0.1) is 5.56 Å². The van der Waals surface area contributed by atoms with Crippen molar-refractivity contribution in [2.75, 3.05) is 0 Å². The molecule has 0 fully saturated rings. The number of aromatic nitrogens is 2. The SMILES string of the molecule is NCc1c(O)nc(-c2ccc(Cl)cc2)[nH]c1=O. The van der Waals surface area contributed by atoms with E-state index in [9.17, 15) is 9.90 Å². The van der Waals surface area contributed by atoms with E-state index >= 15 is 0 Å². The van der Waals surface area contributed by atoms with Gasteiger partial charge in [0, 0.05) is 17.1 Å². The molecule has 6 heteroatoms. The third kappa shape index (κ3) is 2.30. The number of benzene rings is 1. The zero-order valence-electron chi connectivity index (χ0n) is 8.77. The second kappa shape index (κ2) is 4.57. The first-order chi connectivity index (χ1) is 8.11. The van der Waals surface area contributed by atoms with E-state index in [4.69, 9.17) is 17.3 Å². The summed E-state index contributed by atoms with van der Waals surface area (Å²) in [6.45, 7) is -0.0605. The number of aromatic amines is 1. The number of hydrogen-bond donors (Lipinski definition) is 3. The lowest BCUT2D eigenvalue weighted by Gasteiger charge is -2.04. The van der Waals surface area contributed by atoms with Crippen molar-refractivity contribution >= 4 is 11.6 Å². The van der Waals surface area contributed by atoms with Crippen LogP contribution in [-0.2, 0) is 6.54 Å². The molecule has 0 aliphatic heterocycles. The van der Waals surface area contributed by atoms with Crippen LogP contribution in [0.1, 0.15) is 5.56 Å². The van der Waals surface area contributed by atoms with Crippen molar-refractivity contribution in [2.45, 2.75) is 6.54 Å². The van der Waals surface area contributed by atoms with Gasteiger partial charge in [-0.3, -0.25) is 4.79 Å². The van der Waals surface area contributed by atoms with Crippen LogP contribution in [-0.4, -0.2) is 15.1 Å². The van der Waals surface area contributed by atoms with Gasteiger partial charge in [-0.2, -0.15) is 4.98 Å². The molecule has 1 heterocycles. The molecule has 1 aromatic carbocycles. The maximum absolute atomic E-state index is 11.6. The fraction of sp³-hybridized carbons (Fsp3) is 0.0909. The number of rotatable bonds is 2. The quantitative estimate of drug-likeness (QED) is 0.749. The Labute approximate surface area is 102 Å². The van der Waals surface area contributed by atoms with E-state index in [-0.39, 0.29) is 23.8 Å². The van der Waals surface area contributed by atoms with E-state index < -0.39 is 5.56 Å². The highest BCUT2D eigenvalue weighted by molar-refractivity contribution is 6.30. The van der Waals surface area contributed by atoms with E-state index in [1.54, 1.807) is 24.3 Å². The molecular formula is C11H10ClN3O2. The minimum atomic E-state index is -0.440. The number of nitrogens with two attached hydrogens (primary N) is 1. The van der Waals surface area contributed by atoms with Crippen LogP contribution in [0, 0.1) is 0 Å². The molecule has 88 valence electrons. The average Bonchev–Trinajstić information content (AvgIpc) is 2.29. The van der Waals surface area contributed by atoms with Crippen LogP contribution in [0.25, 0.3) is 11.4 Å². The van der Waals surface area contributed by atoms with Gasteiger partial charge in [-0.05, 0) is 24.3 Å². The second-order valence-corrected chi connectivity index (χ2v) is 3.86. The Balaban J connectivity index is 2.54. The Morgan fingerprint density at radius 2 is 2.00 bits per heavy atom. The molecule has 0 radical (unpaired) electrons. The highest BCUT2D eigenvalue weighted by Crippen LogP contribution is 2.19. The standard InChI is InChI=1S/C11H10ClN3O2/c12-7-3-1-6(2-4-7)9-14-10(16)8(5-13)11(17)15-9/h1-4H,5,13H2,(H2,14,15,16,17). The molecule has 0 unspecified atom stereocenters. The molecule has 0 saturated carbocycles. The van der Waals surface area contributed by atoms with Crippen LogP contribution in [0.4, 0.5) is 0 Å². The van der Waals surface area contributed by atoms with Gasteiger partial charge in [0.1, 0.15) is 5.82 Å². The van der Waals surface area contributed by atoms with Crippen LogP contribution >= 0.6 is 11.6 Å². The van der Waals surface area contributed by atoms with E-state index in [2.05, 4.69) is 9.97 Å². The molecule has 0 atom stereocenters. The number of halogens is 1. The number of nitrogens with zero attached hydrogens (tertiary/aromatic N) is 1. The zero-order chi connectivity index (χ0) is 12.4. The van der Waals surface area contributed by atoms with Gasteiger partial charge >= 0.3 is 0 Å². The highest BCUT2D eigenvalue weighted by atomic mass is 35.5. The monoisotopic (exact) mass is 251 g/mol. The molecule has 0 amide bonds. The van der Waals surface area contributed by atoms with Crippen molar-refractivity contribution in [2.24, 2.45) is 5.73 Å². The molecule has 2 rings (SSSR count). The summed E-state index contributed by atoms with van der Waals surface area (Å²) in [5, 5.41) is 10.1. The van der Waals surface area contributed by atoms with Crippen molar-refractivity contribution in [1.29, 1.82) is 0 Å². The van der Waals surface area contributed by atoms with Gasteiger partial charge < -0.3 is 15.8 Å². The molecule has 4 N–H and O–H groups in total. The maximum Gasteiger partial charge on any atom is 0.259 e. The Kier molecular flexibility index (Phi) is 3.12. The largest absolute Gasteiger partial charge is 0.493 e. The van der Waals surface area contributed by atoms with Crippen molar-refractivity contribution < 1.29 is 5.11 Å². The molecule has 0 aliphatic rings. The van der Waals surface area contributed by atoms with Crippen molar-refractivity contribution in [3.63, 3.8) is 0 Å². The van der Waals surface area contributed by atoms with E-state index in [1.807, 2.05) is 0 Å². The third-order valence-corrected chi connectivity index (χ3v) is 2.57. The van der Waals surface area contributed by atoms with Crippen LogP contribution in [0.3, 0.4) is 0 Å². The maximum atomic E-state index is 11.6. The molecule has 0 spiro atoms. The minimum absolute atomic E-state index is 0.0605. The predicted molar refractivity (Wildman–Crippen MR) is 64.9 cm³/mol. The molecule has 1 aromatic heterocycles. The predicted octanol–water partition coefficient (Wildman–Crippen LogP) is 1.25. The first-order valence-electron chi connectivity index (χ1n) is 4.90. The second-order valence-electron chi connectivity index (χ2n) is 3.43. The summed E-state index contributed by atoms with van der Waals surface area (Å²) in [7, 11) is 0. The van der Waals surface area contributed by atoms with Gasteiger partial charge in [0.25, 0.3) is 5.56 Å². The fourth-order valence-electron chi connectivity index (χ4n) is 1.41. The third-order valence-electron chi connectivity index (χ3n) is 2.32. The Morgan fingerprint density at radius 1 is 1.35 bits per heavy atom. The molecule has 2 aromatic rings. The molecule has 17 heavy (non-hydrogen) atoms. The van der Waals surface area contributed by atoms with Crippen molar-refractivity contribution in [3.05, 3.63) is 45.2 Å². The fourth-order valence-corrected chi connectivity index (χ4v) is 1.54. The van der Waals surface area contributed by atoms with E-state index in [0.717, 1.165) is 0 Å². The average molecular weight is 252 g/mol. The summed E-state index contributed by atoms with van der Waals surface area (Å²) in [5.41, 5.74) is 5.61. The van der Waals surface area contributed by atoms with Crippen LogP contribution < -0.4 is 11.3 Å². The summed E-state index contributed by atoms with van der Waals surface area (Å²) >= 11 is 5.75. The Hall–Kier alpha value is -1.85. The first-order valence-corrected chi connectivity index (χ1v) is 5.28. The Morgan fingerprint density at radius 3 is 2.53 bits per heavy atom. The zero-order valence-corrected chi connectivity index (χ0v) is 9.53. The van der Waals surface area contributed by atoms with Crippen molar-refractivity contribution in [3.8, 4) is 17.3 Å². The van der Waals surface area contributed by atoms with Gasteiger partial charge in [-0.1, -0.05) is 11.6 Å². The van der Waals surface area contributed by atoms with Gasteiger partial charge in [0.15, 0.2) is 0 Å². The van der Waals surface area contributed by atoms with Crippen molar-refractivity contribution in [1.82, 2.24) is 9.97 Å². The van der Waals surface area contributed by atoms with Crippen LogP contribution in [0.15, 0.2) is 29.1 Å². The summed E-state index contributed by atoms with van der Waals surface area (Å²) in [4.78, 5) is 18.0. The minimum Gasteiger partial charge on any atom is -0.493 e. The number of hydrogen-bond acceptors (Lipinski definition) is 4. The summed E-state index contributed by atoms with van der Waals surface area (Å²) in [6.07, 6.45) is 0. The smallest absolute Gasteiger partial charge is 0.259 e. The van der Waals surface area contributed by atoms with Gasteiger partial charge in [-0.15, -0.1) is 0 Å². The summed E-state index contributed by atoms with van der Waals surface area (Å²) in [5.74, 6) is -0.0671. The van der Waals surface area contributed by atoms with Crippen LogP contribution in [0.2, 0.25) is 5.02 Å². The lowest BCUT2D eigenvalue weighted by atomic mass is 10.2. The summed E-state index contributed by atoms with van der Waals surface area (Å²) < 4.78 is 0. The lowest BCUT2D eigenvalue weighted by Crippen LogP contribution is -2.18. The molecule has 0 saturated heterocycles. The molecule has 5 nitrogen and oxygen atoms in total. The molecule has 0 aliphatic carbocycles. The number of H-pyrrole nitrogens is 1. The van der Waals surface area contributed by atoms with Gasteiger partial charge in [0.2, 0.25) is 5.88 Å². The first kappa shape index (κ1) is 11.6. The normalized spacial score (nSPS) is 10.5. The number of nitrogens with one attached hydrogen (secondary N) is 1. The lowest BCUT2D eigenvalue weighted by molar-refractivity contribution is 0.444. The molecular weight excluding hydrogens is 242 g/mol. The topological polar surface area (TPSA) is 92.0 Å². The molecule has 0 bridgehead atoms. The van der Waals surface area contributed by atoms with Crippen LogP contribution in [0.5, 0.6) is 5.88 Å². The van der Waals surface area contributed by atoms with E-state index in [1.165, 1.54) is 0 Å². The highest BCUT2D eigenvalue weighted by Gasteiger charge is 2.09. The Bertz CT molecular complexity index is 593. The summed E-state index contributed by atoms with van der Waals surface area (Å²) in [6, 6.07) is 6.74.